The van der Waals surface area contributed by atoms with Crippen LogP contribution in [-0.2, 0) is 16.6 Å². The van der Waals surface area contributed by atoms with Crippen LogP contribution in [0.2, 0.25) is 0 Å². The molecule has 26 heavy (non-hydrogen) atoms. The van der Waals surface area contributed by atoms with Crippen molar-refractivity contribution in [2.45, 2.75) is 11.4 Å². The number of imidazole rings is 1. The van der Waals surface area contributed by atoms with E-state index in [2.05, 4.69) is 15.0 Å². The number of carbonyl (C=O) groups is 1. The third kappa shape index (κ3) is 2.76. The van der Waals surface area contributed by atoms with Gasteiger partial charge >= 0.3 is 0 Å². The molecule has 2 N–H and O–H groups in total. The minimum absolute atomic E-state index is 0.0636. The van der Waals surface area contributed by atoms with Crippen LogP contribution in [0.4, 0.5) is 10.1 Å². The Kier molecular flexibility index (Phi) is 3.82. The molecule has 0 unspecified atom stereocenters. The Balaban J connectivity index is 1.76. The van der Waals surface area contributed by atoms with Crippen molar-refractivity contribution in [1.29, 1.82) is 0 Å². The fourth-order valence-electron chi connectivity index (χ4n) is 2.82. The van der Waals surface area contributed by atoms with E-state index in [0.717, 1.165) is 0 Å². The summed E-state index contributed by atoms with van der Waals surface area (Å²) in [5.74, 6) is -1.03. The highest BCUT2D eigenvalue weighted by Gasteiger charge is 2.28. The molecule has 4 rings (SSSR count). The molecule has 7 nitrogen and oxygen atoms in total. The van der Waals surface area contributed by atoms with Crippen LogP contribution in [0.15, 0.2) is 59.8 Å². The number of halogens is 1. The molecule has 9 heteroatoms. The lowest BCUT2D eigenvalue weighted by Crippen LogP contribution is -2.23. The molecule has 0 saturated carbocycles. The van der Waals surface area contributed by atoms with Gasteiger partial charge < -0.3 is 5.32 Å². The summed E-state index contributed by atoms with van der Waals surface area (Å²) in [6, 6.07) is 11.9. The molecule has 0 atom stereocenters. The first kappa shape index (κ1) is 16.4. The topological polar surface area (TPSA) is 93.1 Å². The molecule has 1 amide bonds. The quantitative estimate of drug-likeness (QED) is 0.720. The second-order valence-electron chi connectivity index (χ2n) is 5.67. The zero-order valence-corrected chi connectivity index (χ0v) is 14.1. The molecular formula is C17H13FN4O3S. The average molecular weight is 372 g/mol. The Morgan fingerprint density at radius 2 is 2.00 bits per heavy atom. The number of para-hydroxylation sites is 1. The van der Waals surface area contributed by atoms with Gasteiger partial charge in [-0.25, -0.2) is 22.5 Å². The van der Waals surface area contributed by atoms with E-state index in [1.54, 1.807) is 28.8 Å². The zero-order valence-electron chi connectivity index (χ0n) is 13.3. The third-order valence-corrected chi connectivity index (χ3v) is 5.46. The van der Waals surface area contributed by atoms with Crippen LogP contribution < -0.4 is 10.0 Å². The number of rotatable bonds is 2. The number of benzene rings is 2. The summed E-state index contributed by atoms with van der Waals surface area (Å²) < 4.78 is 42.1. The SMILES string of the molecule is O=C(Nc1cccc(F)c1)c1ncn2c1CNS(=O)(=O)c1ccccc1-2. The predicted molar refractivity (Wildman–Crippen MR) is 91.9 cm³/mol. The number of sulfonamides is 1. The monoisotopic (exact) mass is 372 g/mol. The standard InChI is InChI=1S/C17H13FN4O3S/c18-11-4-3-5-12(8-11)21-17(23)16-14-9-20-26(24,25)15-7-2-1-6-13(15)22(14)10-19-16/h1-8,10,20H,9H2,(H,21,23). The number of hydrogen-bond acceptors (Lipinski definition) is 4. The van der Waals surface area contributed by atoms with Crippen LogP contribution in [0.1, 0.15) is 16.2 Å². The fraction of sp³-hybridized carbons (Fsp3) is 0.0588. The maximum Gasteiger partial charge on any atom is 0.276 e. The first-order valence-corrected chi connectivity index (χ1v) is 9.16. The van der Waals surface area contributed by atoms with Crippen molar-refractivity contribution < 1.29 is 17.6 Å². The van der Waals surface area contributed by atoms with E-state index in [9.17, 15) is 17.6 Å². The maximum absolute atomic E-state index is 13.3. The Bertz CT molecular complexity index is 1120. The van der Waals surface area contributed by atoms with Crippen molar-refractivity contribution in [3.05, 3.63) is 72.1 Å². The van der Waals surface area contributed by atoms with Crippen molar-refractivity contribution >= 4 is 21.6 Å². The lowest BCUT2D eigenvalue weighted by Gasteiger charge is -2.08. The number of amides is 1. The summed E-state index contributed by atoms with van der Waals surface area (Å²) in [5.41, 5.74) is 1.15. The van der Waals surface area contributed by atoms with Gasteiger partial charge in [-0.15, -0.1) is 0 Å². The van der Waals surface area contributed by atoms with E-state index in [4.69, 9.17) is 0 Å². The Morgan fingerprint density at radius 3 is 2.81 bits per heavy atom. The molecule has 0 aliphatic carbocycles. The largest absolute Gasteiger partial charge is 0.320 e. The van der Waals surface area contributed by atoms with Crippen molar-refractivity contribution in [3.8, 4) is 5.69 Å². The third-order valence-electron chi connectivity index (χ3n) is 4.01. The molecule has 132 valence electrons. The summed E-state index contributed by atoms with van der Waals surface area (Å²) >= 11 is 0. The van der Waals surface area contributed by atoms with Crippen molar-refractivity contribution in [2.75, 3.05) is 5.32 Å². The van der Waals surface area contributed by atoms with E-state index < -0.39 is 21.7 Å². The second-order valence-corrected chi connectivity index (χ2v) is 7.40. The van der Waals surface area contributed by atoms with E-state index in [1.807, 2.05) is 0 Å². The van der Waals surface area contributed by atoms with Gasteiger partial charge in [0.15, 0.2) is 5.69 Å². The highest BCUT2D eigenvalue weighted by atomic mass is 32.2. The average Bonchev–Trinajstić information content (AvgIpc) is 3.00. The highest BCUT2D eigenvalue weighted by Crippen LogP contribution is 2.26. The van der Waals surface area contributed by atoms with Crippen LogP contribution in [0, 0.1) is 5.82 Å². The molecule has 0 bridgehead atoms. The first-order chi connectivity index (χ1) is 12.5. The molecule has 0 radical (unpaired) electrons. The van der Waals surface area contributed by atoms with Gasteiger partial charge in [0.1, 0.15) is 17.0 Å². The molecule has 0 spiro atoms. The van der Waals surface area contributed by atoms with Crippen molar-refractivity contribution in [2.24, 2.45) is 0 Å². The lowest BCUT2D eigenvalue weighted by atomic mass is 10.2. The second kappa shape index (κ2) is 6.04. The number of carbonyl (C=O) groups excluding carboxylic acids is 1. The Morgan fingerprint density at radius 1 is 1.19 bits per heavy atom. The van der Waals surface area contributed by atoms with E-state index >= 15 is 0 Å². The van der Waals surface area contributed by atoms with Gasteiger partial charge in [0, 0.05) is 5.69 Å². The van der Waals surface area contributed by atoms with Gasteiger partial charge in [0.2, 0.25) is 10.0 Å². The molecule has 0 fully saturated rings. The van der Waals surface area contributed by atoms with Gasteiger partial charge in [-0.2, -0.15) is 0 Å². The van der Waals surface area contributed by atoms with Crippen molar-refractivity contribution in [1.82, 2.24) is 14.3 Å². The number of hydrogen-bond donors (Lipinski definition) is 2. The minimum atomic E-state index is -3.70. The smallest absolute Gasteiger partial charge is 0.276 e. The predicted octanol–water partition coefficient (Wildman–Crippen LogP) is 2.06. The molecule has 3 aromatic rings. The highest BCUT2D eigenvalue weighted by molar-refractivity contribution is 7.89. The number of nitrogens with zero attached hydrogens (tertiary/aromatic N) is 2. The van der Waals surface area contributed by atoms with Gasteiger partial charge in [0.25, 0.3) is 5.91 Å². The van der Waals surface area contributed by atoms with Crippen LogP contribution in [0.25, 0.3) is 5.69 Å². The molecule has 2 heterocycles. The number of aromatic nitrogens is 2. The summed E-state index contributed by atoms with van der Waals surface area (Å²) in [6.07, 6.45) is 1.40. The van der Waals surface area contributed by atoms with E-state index in [1.165, 1.54) is 30.6 Å². The van der Waals surface area contributed by atoms with Crippen LogP contribution in [0.3, 0.4) is 0 Å². The Hall–Kier alpha value is -3.04. The fourth-order valence-corrected chi connectivity index (χ4v) is 4.00. The van der Waals surface area contributed by atoms with Crippen LogP contribution in [-0.4, -0.2) is 23.9 Å². The van der Waals surface area contributed by atoms with Crippen LogP contribution in [0.5, 0.6) is 0 Å². The Labute approximate surface area is 148 Å². The van der Waals surface area contributed by atoms with Gasteiger partial charge in [-0.1, -0.05) is 18.2 Å². The summed E-state index contributed by atoms with van der Waals surface area (Å²) in [6.45, 7) is -0.0943. The number of anilines is 1. The molecule has 1 aromatic heterocycles. The molecule has 0 saturated heterocycles. The molecule has 2 aromatic carbocycles. The number of nitrogens with one attached hydrogen (secondary N) is 2. The number of fused-ring (bicyclic) bond motifs is 3. The van der Waals surface area contributed by atoms with Gasteiger partial charge in [-0.3, -0.25) is 9.36 Å². The molecule has 1 aliphatic heterocycles. The summed E-state index contributed by atoms with van der Waals surface area (Å²) in [7, 11) is -3.70. The minimum Gasteiger partial charge on any atom is -0.320 e. The molecular weight excluding hydrogens is 359 g/mol. The first-order valence-electron chi connectivity index (χ1n) is 7.68. The van der Waals surface area contributed by atoms with Crippen LogP contribution >= 0.6 is 0 Å². The van der Waals surface area contributed by atoms with Gasteiger partial charge in [-0.05, 0) is 30.3 Å². The van der Waals surface area contributed by atoms with E-state index in [-0.39, 0.29) is 22.8 Å². The zero-order chi connectivity index (χ0) is 18.3. The normalized spacial score (nSPS) is 14.8. The maximum atomic E-state index is 13.3. The van der Waals surface area contributed by atoms with Crippen molar-refractivity contribution in [3.63, 3.8) is 0 Å². The lowest BCUT2D eigenvalue weighted by molar-refractivity contribution is 0.102. The van der Waals surface area contributed by atoms with Gasteiger partial charge in [0.05, 0.1) is 17.9 Å². The summed E-state index contributed by atoms with van der Waals surface area (Å²) in [5, 5.41) is 2.57. The molecule has 1 aliphatic rings. The van der Waals surface area contributed by atoms with E-state index in [0.29, 0.717) is 11.4 Å². The summed E-state index contributed by atoms with van der Waals surface area (Å²) in [4.78, 5) is 16.8.